The van der Waals surface area contributed by atoms with Crippen molar-refractivity contribution in [3.05, 3.63) is 35.4 Å². The van der Waals surface area contributed by atoms with Gasteiger partial charge in [-0.2, -0.15) is 5.26 Å². The summed E-state index contributed by atoms with van der Waals surface area (Å²) in [5.41, 5.74) is 2.21. The molecule has 1 aliphatic carbocycles. The lowest BCUT2D eigenvalue weighted by Gasteiger charge is -2.34. The van der Waals surface area contributed by atoms with Crippen LogP contribution in [0.15, 0.2) is 24.3 Å². The zero-order valence-corrected chi connectivity index (χ0v) is 12.9. The molecule has 0 amide bonds. The van der Waals surface area contributed by atoms with Gasteiger partial charge < -0.3 is 0 Å². The molecule has 2 rings (SSSR count). The van der Waals surface area contributed by atoms with E-state index >= 15 is 0 Å². The number of hydrogen-bond donors (Lipinski definition) is 0. The highest BCUT2D eigenvalue weighted by Crippen LogP contribution is 2.41. The Hall–Kier alpha value is -1.29. The quantitative estimate of drug-likeness (QED) is 0.633. The van der Waals surface area contributed by atoms with Crippen LogP contribution >= 0.6 is 0 Å². The maximum Gasteiger partial charge on any atom is 0.0991 e. The minimum atomic E-state index is 0.699. The summed E-state index contributed by atoms with van der Waals surface area (Å²) in [4.78, 5) is 0. The Bertz CT molecular complexity index is 440. The van der Waals surface area contributed by atoms with Gasteiger partial charge in [0, 0.05) is 0 Å². The highest BCUT2D eigenvalue weighted by Gasteiger charge is 2.28. The van der Waals surface area contributed by atoms with Gasteiger partial charge in [0.05, 0.1) is 11.6 Å². The minimum Gasteiger partial charge on any atom is -0.192 e. The van der Waals surface area contributed by atoms with E-state index in [1.807, 2.05) is 12.1 Å². The van der Waals surface area contributed by atoms with Crippen molar-refractivity contribution >= 4 is 0 Å². The van der Waals surface area contributed by atoms with E-state index in [0.29, 0.717) is 5.92 Å². The summed E-state index contributed by atoms with van der Waals surface area (Å²) in [5, 5.41) is 8.88. The summed E-state index contributed by atoms with van der Waals surface area (Å²) < 4.78 is 0. The Morgan fingerprint density at radius 3 is 2.50 bits per heavy atom. The maximum atomic E-state index is 8.88. The number of hydrogen-bond acceptors (Lipinski definition) is 1. The van der Waals surface area contributed by atoms with Crippen LogP contribution in [0.4, 0.5) is 0 Å². The van der Waals surface area contributed by atoms with E-state index in [2.05, 4.69) is 32.0 Å². The Balaban J connectivity index is 1.90. The van der Waals surface area contributed by atoms with Crippen LogP contribution in [0.25, 0.3) is 0 Å². The van der Waals surface area contributed by atoms with Gasteiger partial charge in [-0.05, 0) is 54.7 Å². The van der Waals surface area contributed by atoms with Gasteiger partial charge in [-0.3, -0.25) is 0 Å². The first-order chi connectivity index (χ1) is 9.74. The van der Waals surface area contributed by atoms with Gasteiger partial charge >= 0.3 is 0 Å². The molecule has 3 unspecified atom stereocenters. The molecule has 0 aliphatic heterocycles. The van der Waals surface area contributed by atoms with Gasteiger partial charge in [0.25, 0.3) is 0 Å². The molecule has 0 aromatic heterocycles. The molecule has 1 heteroatoms. The van der Waals surface area contributed by atoms with Crippen molar-refractivity contribution in [3.63, 3.8) is 0 Å². The minimum absolute atomic E-state index is 0.699. The third-order valence-electron chi connectivity index (χ3n) is 4.96. The fourth-order valence-corrected chi connectivity index (χ4v) is 3.75. The number of rotatable bonds is 5. The fourth-order valence-electron chi connectivity index (χ4n) is 3.75. The third kappa shape index (κ3) is 3.85. The molecule has 1 saturated carbocycles. The first-order valence-corrected chi connectivity index (χ1v) is 8.24. The van der Waals surface area contributed by atoms with Crippen molar-refractivity contribution in [3.8, 4) is 6.07 Å². The van der Waals surface area contributed by atoms with Crippen LogP contribution in [0.2, 0.25) is 0 Å². The lowest BCUT2D eigenvalue weighted by molar-refractivity contribution is 0.232. The SMILES string of the molecule is CCCCCC1CCC(c2ccc(C#N)cc2)C(C)C1. The van der Waals surface area contributed by atoms with Crippen molar-refractivity contribution in [1.82, 2.24) is 0 Å². The molecule has 1 fully saturated rings. The average Bonchev–Trinajstić information content (AvgIpc) is 2.48. The molecule has 0 spiro atoms. The molecule has 3 atom stereocenters. The van der Waals surface area contributed by atoms with Crippen LogP contribution in [0.1, 0.15) is 75.8 Å². The van der Waals surface area contributed by atoms with Gasteiger partial charge in [-0.1, -0.05) is 51.7 Å². The van der Waals surface area contributed by atoms with E-state index in [9.17, 15) is 0 Å². The summed E-state index contributed by atoms with van der Waals surface area (Å²) in [5.74, 6) is 2.43. The summed E-state index contributed by atoms with van der Waals surface area (Å²) in [7, 11) is 0. The molecule has 1 aromatic carbocycles. The monoisotopic (exact) mass is 269 g/mol. The molecule has 0 N–H and O–H groups in total. The molecular formula is C19H27N. The Kier molecular flexibility index (Phi) is 5.65. The molecule has 1 aromatic rings. The largest absolute Gasteiger partial charge is 0.192 e. The second-order valence-corrected chi connectivity index (χ2v) is 6.49. The first-order valence-electron chi connectivity index (χ1n) is 8.24. The molecule has 108 valence electrons. The van der Waals surface area contributed by atoms with Crippen LogP contribution in [0, 0.1) is 23.2 Å². The van der Waals surface area contributed by atoms with Gasteiger partial charge in [0.15, 0.2) is 0 Å². The number of unbranched alkanes of at least 4 members (excludes halogenated alkanes) is 2. The standard InChI is InChI=1S/C19H27N/c1-3-4-5-6-16-9-12-19(15(2)13-16)18-10-7-17(14-20)8-11-18/h7-8,10-11,15-16,19H,3-6,9,12-13H2,1-2H3. The van der Waals surface area contributed by atoms with Crippen molar-refractivity contribution in [2.45, 2.75) is 64.7 Å². The summed E-state index contributed by atoms with van der Waals surface area (Å²) in [6.45, 7) is 4.69. The normalized spacial score (nSPS) is 26.1. The van der Waals surface area contributed by atoms with E-state index in [0.717, 1.165) is 17.4 Å². The smallest absolute Gasteiger partial charge is 0.0991 e. The molecule has 1 nitrogen and oxygen atoms in total. The zero-order valence-electron chi connectivity index (χ0n) is 12.9. The fraction of sp³-hybridized carbons (Fsp3) is 0.632. The second kappa shape index (κ2) is 7.48. The molecular weight excluding hydrogens is 242 g/mol. The topological polar surface area (TPSA) is 23.8 Å². The van der Waals surface area contributed by atoms with Crippen LogP contribution < -0.4 is 0 Å². The number of nitriles is 1. The maximum absolute atomic E-state index is 8.88. The van der Waals surface area contributed by atoms with Crippen LogP contribution in [-0.4, -0.2) is 0 Å². The molecule has 20 heavy (non-hydrogen) atoms. The Morgan fingerprint density at radius 1 is 1.15 bits per heavy atom. The van der Waals surface area contributed by atoms with Gasteiger partial charge in [-0.15, -0.1) is 0 Å². The van der Waals surface area contributed by atoms with Crippen LogP contribution in [0.5, 0.6) is 0 Å². The third-order valence-corrected chi connectivity index (χ3v) is 4.96. The first kappa shape index (κ1) is 15.1. The number of benzene rings is 1. The number of nitrogens with zero attached hydrogens (tertiary/aromatic N) is 1. The van der Waals surface area contributed by atoms with Crippen molar-refractivity contribution in [2.24, 2.45) is 11.8 Å². The highest BCUT2D eigenvalue weighted by molar-refractivity contribution is 5.33. The predicted molar refractivity (Wildman–Crippen MR) is 84.5 cm³/mol. The van der Waals surface area contributed by atoms with E-state index in [1.165, 1.54) is 50.5 Å². The zero-order chi connectivity index (χ0) is 14.4. The molecule has 1 aliphatic rings. The van der Waals surface area contributed by atoms with Gasteiger partial charge in [-0.25, -0.2) is 0 Å². The molecule has 0 radical (unpaired) electrons. The average molecular weight is 269 g/mol. The Labute approximate surface area is 124 Å². The highest BCUT2D eigenvalue weighted by atomic mass is 14.3. The summed E-state index contributed by atoms with van der Waals surface area (Å²) >= 11 is 0. The summed E-state index contributed by atoms with van der Waals surface area (Å²) in [6.07, 6.45) is 9.66. The predicted octanol–water partition coefficient (Wildman–Crippen LogP) is 5.66. The Morgan fingerprint density at radius 2 is 1.90 bits per heavy atom. The van der Waals surface area contributed by atoms with E-state index in [4.69, 9.17) is 5.26 Å². The second-order valence-electron chi connectivity index (χ2n) is 6.49. The summed E-state index contributed by atoms with van der Waals surface area (Å²) in [6, 6.07) is 10.5. The molecule has 0 bridgehead atoms. The van der Waals surface area contributed by atoms with Crippen LogP contribution in [0.3, 0.4) is 0 Å². The lowest BCUT2D eigenvalue weighted by Crippen LogP contribution is -2.21. The van der Waals surface area contributed by atoms with Crippen molar-refractivity contribution in [2.75, 3.05) is 0 Å². The molecule has 0 heterocycles. The lowest BCUT2D eigenvalue weighted by atomic mass is 9.71. The van der Waals surface area contributed by atoms with Crippen molar-refractivity contribution < 1.29 is 0 Å². The molecule has 0 saturated heterocycles. The van der Waals surface area contributed by atoms with E-state index in [1.54, 1.807) is 0 Å². The van der Waals surface area contributed by atoms with E-state index < -0.39 is 0 Å². The van der Waals surface area contributed by atoms with Crippen molar-refractivity contribution in [1.29, 1.82) is 5.26 Å². The van der Waals surface area contributed by atoms with E-state index in [-0.39, 0.29) is 0 Å². The van der Waals surface area contributed by atoms with Gasteiger partial charge in [0.2, 0.25) is 0 Å². The van der Waals surface area contributed by atoms with Crippen LogP contribution in [-0.2, 0) is 0 Å². The van der Waals surface area contributed by atoms with Gasteiger partial charge in [0.1, 0.15) is 0 Å².